The molecule has 2 N–H and O–H groups in total. The Labute approximate surface area is 138 Å². The summed E-state index contributed by atoms with van der Waals surface area (Å²) in [6, 6.07) is 14.1. The number of hydrogen-bond donors (Lipinski definition) is 2. The van der Waals surface area contributed by atoms with Crippen molar-refractivity contribution in [1.29, 1.82) is 0 Å². The second kappa shape index (κ2) is 6.45. The molecule has 0 bridgehead atoms. The highest BCUT2D eigenvalue weighted by atomic mass is 16.5. The van der Waals surface area contributed by atoms with Gasteiger partial charge in [-0.3, -0.25) is 9.59 Å². The van der Waals surface area contributed by atoms with Crippen LogP contribution in [0.15, 0.2) is 52.9 Å². The van der Waals surface area contributed by atoms with E-state index in [1.165, 1.54) is 14.0 Å². The lowest BCUT2D eigenvalue weighted by Gasteiger charge is -2.11. The van der Waals surface area contributed by atoms with Gasteiger partial charge in [-0.1, -0.05) is 18.2 Å². The smallest absolute Gasteiger partial charge is 0.291 e. The van der Waals surface area contributed by atoms with Crippen LogP contribution in [0.1, 0.15) is 17.5 Å². The molecule has 0 atom stereocenters. The minimum absolute atomic E-state index is 0.184. The third kappa shape index (κ3) is 3.22. The number of nitrogens with one attached hydrogen (secondary N) is 2. The molecule has 6 nitrogen and oxygen atoms in total. The number of fused-ring (bicyclic) bond motifs is 1. The number of benzene rings is 2. The van der Waals surface area contributed by atoms with Gasteiger partial charge in [0.15, 0.2) is 5.76 Å². The largest absolute Gasteiger partial charge is 0.494 e. The van der Waals surface area contributed by atoms with Crippen molar-refractivity contribution in [2.75, 3.05) is 17.7 Å². The summed E-state index contributed by atoms with van der Waals surface area (Å²) in [5.41, 5.74) is 1.72. The van der Waals surface area contributed by atoms with Crippen molar-refractivity contribution in [3.8, 4) is 5.75 Å². The fourth-order valence-corrected chi connectivity index (χ4v) is 2.35. The Kier molecular flexibility index (Phi) is 4.20. The molecule has 3 aromatic rings. The molecule has 2 aromatic carbocycles. The Balaban J connectivity index is 1.84. The maximum absolute atomic E-state index is 12.4. The molecule has 0 radical (unpaired) electrons. The number of furan rings is 1. The van der Waals surface area contributed by atoms with Crippen LogP contribution in [-0.4, -0.2) is 18.9 Å². The Bertz CT molecular complexity index is 881. The van der Waals surface area contributed by atoms with Crippen LogP contribution in [0.4, 0.5) is 11.4 Å². The van der Waals surface area contributed by atoms with Crippen LogP contribution in [0.25, 0.3) is 11.0 Å². The normalized spacial score (nSPS) is 10.4. The van der Waals surface area contributed by atoms with Crippen molar-refractivity contribution < 1.29 is 18.7 Å². The highest BCUT2D eigenvalue weighted by Crippen LogP contribution is 2.29. The number of methoxy groups -OCH3 is 1. The number of amides is 2. The number of ether oxygens (including phenoxy) is 1. The Hall–Kier alpha value is -3.28. The maximum Gasteiger partial charge on any atom is 0.291 e. The number of anilines is 2. The molecule has 0 aliphatic heterocycles. The van der Waals surface area contributed by atoms with E-state index >= 15 is 0 Å². The van der Waals surface area contributed by atoms with E-state index in [0.717, 1.165) is 5.39 Å². The van der Waals surface area contributed by atoms with E-state index in [1.54, 1.807) is 30.3 Å². The van der Waals surface area contributed by atoms with Gasteiger partial charge in [-0.2, -0.15) is 0 Å². The second-order valence-electron chi connectivity index (χ2n) is 5.20. The molecule has 0 unspecified atom stereocenters. The predicted octanol–water partition coefficient (Wildman–Crippen LogP) is 3.65. The molecule has 0 spiro atoms. The molecule has 0 saturated carbocycles. The second-order valence-corrected chi connectivity index (χ2v) is 5.20. The van der Waals surface area contributed by atoms with Crippen molar-refractivity contribution in [2.24, 2.45) is 0 Å². The van der Waals surface area contributed by atoms with Crippen LogP contribution < -0.4 is 15.4 Å². The molecule has 0 saturated heterocycles. The molecule has 3 rings (SSSR count). The molecular formula is C18H16N2O4. The lowest BCUT2D eigenvalue weighted by molar-refractivity contribution is -0.114. The first-order valence-corrected chi connectivity index (χ1v) is 7.32. The van der Waals surface area contributed by atoms with Crippen molar-refractivity contribution in [3.05, 3.63) is 54.3 Å². The molecule has 1 aromatic heterocycles. The quantitative estimate of drug-likeness (QED) is 0.767. The SMILES string of the molecule is COc1cc(NC(C)=O)ccc1NC(=O)c1cc2ccccc2o1. The van der Waals surface area contributed by atoms with Crippen LogP contribution in [0.2, 0.25) is 0 Å². The first kappa shape index (κ1) is 15.6. The van der Waals surface area contributed by atoms with Gasteiger partial charge >= 0.3 is 0 Å². The van der Waals surface area contributed by atoms with E-state index in [1.807, 2.05) is 18.2 Å². The fourth-order valence-electron chi connectivity index (χ4n) is 2.35. The zero-order valence-electron chi connectivity index (χ0n) is 13.3. The van der Waals surface area contributed by atoms with Gasteiger partial charge in [-0.05, 0) is 24.3 Å². The number of para-hydroxylation sites is 1. The van der Waals surface area contributed by atoms with Gasteiger partial charge in [0.05, 0.1) is 12.8 Å². The average molecular weight is 324 g/mol. The molecular weight excluding hydrogens is 308 g/mol. The van der Waals surface area contributed by atoms with Gasteiger partial charge in [0.25, 0.3) is 5.91 Å². The average Bonchev–Trinajstić information content (AvgIpc) is 3.00. The van der Waals surface area contributed by atoms with Gasteiger partial charge in [-0.15, -0.1) is 0 Å². The van der Waals surface area contributed by atoms with Crippen LogP contribution in [0, 0.1) is 0 Å². The summed E-state index contributed by atoms with van der Waals surface area (Å²) in [7, 11) is 1.49. The topological polar surface area (TPSA) is 80.6 Å². The molecule has 0 aliphatic carbocycles. The summed E-state index contributed by atoms with van der Waals surface area (Å²) >= 11 is 0. The lowest BCUT2D eigenvalue weighted by atomic mass is 10.2. The summed E-state index contributed by atoms with van der Waals surface area (Å²) in [6.07, 6.45) is 0. The van der Waals surface area contributed by atoms with Crippen LogP contribution in [0.5, 0.6) is 5.75 Å². The third-order valence-corrected chi connectivity index (χ3v) is 3.42. The minimum atomic E-state index is -0.378. The van der Waals surface area contributed by atoms with Crippen LogP contribution in [-0.2, 0) is 4.79 Å². The van der Waals surface area contributed by atoms with Gasteiger partial charge in [0.2, 0.25) is 5.91 Å². The molecule has 0 aliphatic rings. The number of carbonyl (C=O) groups is 2. The summed E-state index contributed by atoms with van der Waals surface area (Å²) in [5.74, 6) is 0.0859. The molecule has 6 heteroatoms. The van der Waals surface area contributed by atoms with E-state index < -0.39 is 0 Å². The number of hydrogen-bond acceptors (Lipinski definition) is 4. The Morgan fingerprint density at radius 1 is 1.04 bits per heavy atom. The fraction of sp³-hybridized carbons (Fsp3) is 0.111. The minimum Gasteiger partial charge on any atom is -0.494 e. The highest BCUT2D eigenvalue weighted by Gasteiger charge is 2.15. The van der Waals surface area contributed by atoms with Crippen molar-refractivity contribution in [1.82, 2.24) is 0 Å². The van der Waals surface area contributed by atoms with Gasteiger partial charge in [0, 0.05) is 24.1 Å². The molecule has 2 amide bonds. The number of rotatable bonds is 4. The van der Waals surface area contributed by atoms with Gasteiger partial charge < -0.3 is 19.8 Å². The van der Waals surface area contributed by atoms with E-state index in [9.17, 15) is 9.59 Å². The third-order valence-electron chi connectivity index (χ3n) is 3.42. The number of carbonyl (C=O) groups excluding carboxylic acids is 2. The highest BCUT2D eigenvalue weighted by molar-refractivity contribution is 6.05. The molecule has 24 heavy (non-hydrogen) atoms. The van der Waals surface area contributed by atoms with Crippen molar-refractivity contribution in [2.45, 2.75) is 6.92 Å². The van der Waals surface area contributed by atoms with E-state index in [-0.39, 0.29) is 17.6 Å². The summed E-state index contributed by atoms with van der Waals surface area (Å²) in [6.45, 7) is 1.42. The monoisotopic (exact) mass is 324 g/mol. The summed E-state index contributed by atoms with van der Waals surface area (Å²) in [5, 5.41) is 6.27. The van der Waals surface area contributed by atoms with E-state index in [0.29, 0.717) is 22.7 Å². The van der Waals surface area contributed by atoms with Crippen molar-refractivity contribution >= 4 is 34.2 Å². The molecule has 0 fully saturated rings. The van der Waals surface area contributed by atoms with E-state index in [4.69, 9.17) is 9.15 Å². The zero-order valence-corrected chi connectivity index (χ0v) is 13.3. The first-order valence-electron chi connectivity index (χ1n) is 7.32. The summed E-state index contributed by atoms with van der Waals surface area (Å²) in [4.78, 5) is 23.5. The summed E-state index contributed by atoms with van der Waals surface area (Å²) < 4.78 is 10.8. The van der Waals surface area contributed by atoms with Gasteiger partial charge in [0.1, 0.15) is 11.3 Å². The van der Waals surface area contributed by atoms with E-state index in [2.05, 4.69) is 10.6 Å². The Morgan fingerprint density at radius 2 is 1.83 bits per heavy atom. The maximum atomic E-state index is 12.4. The van der Waals surface area contributed by atoms with Gasteiger partial charge in [-0.25, -0.2) is 0 Å². The zero-order chi connectivity index (χ0) is 17.1. The van der Waals surface area contributed by atoms with Crippen molar-refractivity contribution in [3.63, 3.8) is 0 Å². The standard InChI is InChI=1S/C18H16N2O4/c1-11(21)19-13-7-8-14(16(10-13)23-2)20-18(22)17-9-12-5-3-4-6-15(12)24-17/h3-10H,1-2H3,(H,19,21)(H,20,22). The lowest BCUT2D eigenvalue weighted by Crippen LogP contribution is -2.12. The molecule has 1 heterocycles. The van der Waals surface area contributed by atoms with Crippen LogP contribution in [0.3, 0.4) is 0 Å². The first-order chi connectivity index (χ1) is 11.6. The molecule has 122 valence electrons. The van der Waals surface area contributed by atoms with Crippen LogP contribution >= 0.6 is 0 Å². The Morgan fingerprint density at radius 3 is 2.54 bits per heavy atom. The predicted molar refractivity (Wildman–Crippen MR) is 91.5 cm³/mol.